The summed E-state index contributed by atoms with van der Waals surface area (Å²) in [6, 6.07) is 30.7. The predicted molar refractivity (Wildman–Crippen MR) is 348 cm³/mol. The number of fused-ring (bicyclic) bond motifs is 1. The molecule has 0 bridgehead atoms. The number of aromatic amines is 1. The molecule has 4 aromatic carbocycles. The quantitative estimate of drug-likeness (QED) is 0.0147. The third kappa shape index (κ3) is 18.9. The first-order valence-electron chi connectivity index (χ1n) is 30.9. The Bertz CT molecular complexity index is 3470. The highest BCUT2D eigenvalue weighted by Gasteiger charge is 2.44. The van der Waals surface area contributed by atoms with E-state index in [4.69, 9.17) is 29.8 Å². The second kappa shape index (κ2) is 33.7. The summed E-state index contributed by atoms with van der Waals surface area (Å²) in [5.41, 5.74) is 1.71. The number of methoxy groups -OCH3 is 2. The van der Waals surface area contributed by atoms with Crippen LogP contribution < -0.4 is 30.6 Å². The van der Waals surface area contributed by atoms with Crippen LogP contribution in [0, 0.1) is 12.5 Å². The number of Topliss-reactive ketones (excluding diaryl/α,β-unsaturated/α-hetero) is 2. The number of likely N-dealkylation sites (tertiary alicyclic amines) is 1. The van der Waals surface area contributed by atoms with Gasteiger partial charge in [-0.2, -0.15) is 4.98 Å². The van der Waals surface area contributed by atoms with Crippen molar-refractivity contribution >= 4 is 66.5 Å². The summed E-state index contributed by atoms with van der Waals surface area (Å²) in [5.74, 6) is -0.641. The number of nitrogens with one attached hydrogen (secondary N) is 3. The van der Waals surface area contributed by atoms with Crippen molar-refractivity contribution < 1.29 is 52.0 Å². The van der Waals surface area contributed by atoms with E-state index in [0.717, 1.165) is 16.7 Å². The minimum Gasteiger partial charge on any atom is -0.497 e. The first-order chi connectivity index (χ1) is 43.6. The van der Waals surface area contributed by atoms with Crippen LogP contribution >= 0.6 is 8.53 Å². The van der Waals surface area contributed by atoms with Gasteiger partial charge in [-0.25, -0.2) is 21.2 Å². The number of nitrogens with zero attached hydrogens (tertiary/aromatic N) is 7. The van der Waals surface area contributed by atoms with E-state index in [0.29, 0.717) is 55.8 Å². The maximum absolute atomic E-state index is 14.6. The molecule has 3 N–H and O–H groups in total. The second-order valence-corrected chi connectivity index (χ2v) is 24.8. The number of unbranched alkanes of at least 4 members (excludes halogenated alkanes) is 3. The number of amides is 4. The van der Waals surface area contributed by atoms with Gasteiger partial charge in [-0.3, -0.25) is 43.9 Å². The molecule has 4 atom stereocenters. The van der Waals surface area contributed by atoms with Gasteiger partial charge in [0.15, 0.2) is 16.9 Å². The third-order valence-corrected chi connectivity index (χ3v) is 17.9. The van der Waals surface area contributed by atoms with Crippen LogP contribution in [0.15, 0.2) is 114 Å². The van der Waals surface area contributed by atoms with Crippen molar-refractivity contribution in [3.8, 4) is 11.5 Å². The summed E-state index contributed by atoms with van der Waals surface area (Å²) in [5, 5.41) is 5.30. The van der Waals surface area contributed by atoms with E-state index in [2.05, 4.69) is 67.8 Å². The first-order valence-corrected chi connectivity index (χ1v) is 32.1. The van der Waals surface area contributed by atoms with E-state index in [1.807, 2.05) is 83.8 Å². The van der Waals surface area contributed by atoms with Crippen LogP contribution in [0.4, 0.5) is 11.6 Å². The SMILES string of the molecule is [C-]#[N+]CCOP(O[C@@H]1C[C@@H](COC(c2ccccc2)(c2ccc(OC)cc2)c2ccc(OC)cc2)N(C(=O)CCCCCCC(=O)CC[C@H](NC(=O)c2ccc(N(Cc3cnc4nc(NC(=O)C(C)C)[nH]c(=O)c4n3)C(C)=O)cc2)C(C)=O)C1)N(C(C)C)C(C)C. The van der Waals surface area contributed by atoms with E-state index in [1.165, 1.54) is 37.1 Å². The third-order valence-electron chi connectivity index (χ3n) is 15.7. The second-order valence-electron chi connectivity index (χ2n) is 23.4. The Morgan fingerprint density at radius 2 is 1.41 bits per heavy atom. The number of anilines is 2. The van der Waals surface area contributed by atoms with Crippen LogP contribution in [-0.2, 0) is 49.9 Å². The molecule has 0 saturated carbocycles. The molecular formula is C68H85N10O12P. The topological polar surface area (TPSA) is 258 Å². The molecular weight excluding hydrogens is 1180 g/mol. The zero-order chi connectivity index (χ0) is 65.8. The molecule has 1 fully saturated rings. The van der Waals surface area contributed by atoms with Crippen molar-refractivity contribution in [2.24, 2.45) is 5.92 Å². The molecule has 91 heavy (non-hydrogen) atoms. The van der Waals surface area contributed by atoms with Gasteiger partial charge < -0.3 is 43.2 Å². The molecule has 1 unspecified atom stereocenters. The number of rotatable bonds is 34. The van der Waals surface area contributed by atoms with Crippen molar-refractivity contribution in [1.82, 2.24) is 34.8 Å². The molecule has 1 aliphatic rings. The predicted octanol–water partition coefficient (Wildman–Crippen LogP) is 10.5. The molecule has 1 saturated heterocycles. The lowest BCUT2D eigenvalue weighted by molar-refractivity contribution is -0.134. The van der Waals surface area contributed by atoms with Gasteiger partial charge in [-0.1, -0.05) is 81.3 Å². The minimum absolute atomic E-state index is 0.00724. The lowest BCUT2D eigenvalue weighted by Gasteiger charge is -2.38. The summed E-state index contributed by atoms with van der Waals surface area (Å²) >= 11 is 0. The standard InChI is InChI=1S/C68H85N10O12P/c1-44(2)64(83)74-67-73-63-62(66(85)75-67)71-53(40-70-63)41-76(48(8)80)54-29-23-49(24-30-54)65(84)72-60(47(7)79)36-31-56(81)21-17-12-13-18-22-61(82)77-42-59(90-91(89-38-37-69-9)78(45(3)4)46(5)6)39-55(77)43-88-68(50-19-15-14-16-20-50,51-25-32-57(86-10)33-26-51)52-27-34-58(87-11)35-28-52/h14-16,19-20,23-30,32-35,40,44-46,55,59-60H,12-13,17-18,21-22,31,36-39,41-43H2,1-8,10-11H3,(H,72,84)(H2,70,73,74,75,83,85)/t55-,59+,60-,91?/m0/s1. The van der Waals surface area contributed by atoms with Crippen molar-refractivity contribution in [1.29, 1.82) is 0 Å². The van der Waals surface area contributed by atoms with Crippen LogP contribution in [0.3, 0.4) is 0 Å². The fourth-order valence-electron chi connectivity index (χ4n) is 11.0. The Labute approximate surface area is 533 Å². The summed E-state index contributed by atoms with van der Waals surface area (Å²) < 4.78 is 34.0. The van der Waals surface area contributed by atoms with Crippen LogP contribution in [0.5, 0.6) is 11.5 Å². The Morgan fingerprint density at radius 3 is 1.98 bits per heavy atom. The average Bonchev–Trinajstić information content (AvgIpc) is 1.10. The van der Waals surface area contributed by atoms with Gasteiger partial charge in [0.1, 0.15) is 29.5 Å². The lowest BCUT2D eigenvalue weighted by atomic mass is 9.80. The number of hydrogen-bond acceptors (Lipinski definition) is 16. The Kier molecular flexibility index (Phi) is 25.9. The van der Waals surface area contributed by atoms with Gasteiger partial charge in [-0.05, 0) is 126 Å². The highest BCUT2D eigenvalue weighted by Crippen LogP contribution is 2.49. The van der Waals surface area contributed by atoms with Gasteiger partial charge >= 0.3 is 0 Å². The zero-order valence-corrected chi connectivity index (χ0v) is 54.6. The molecule has 6 aromatic rings. The van der Waals surface area contributed by atoms with E-state index in [1.54, 1.807) is 40.2 Å². The molecule has 7 rings (SSSR count). The highest BCUT2D eigenvalue weighted by molar-refractivity contribution is 7.44. The number of ether oxygens (including phenoxy) is 3. The summed E-state index contributed by atoms with van der Waals surface area (Å²) in [4.78, 5) is 114. The van der Waals surface area contributed by atoms with E-state index >= 15 is 0 Å². The number of H-pyrrole nitrogens is 1. The van der Waals surface area contributed by atoms with Crippen LogP contribution in [0.1, 0.15) is 146 Å². The molecule has 0 aliphatic carbocycles. The van der Waals surface area contributed by atoms with Gasteiger partial charge in [0.05, 0.1) is 57.4 Å². The number of carbonyl (C=O) groups excluding carboxylic acids is 6. The number of aromatic nitrogens is 4. The van der Waals surface area contributed by atoms with Gasteiger partial charge in [0.2, 0.25) is 30.2 Å². The number of ketones is 2. The fourth-order valence-corrected chi connectivity index (χ4v) is 12.7. The van der Waals surface area contributed by atoms with Gasteiger partial charge in [0, 0.05) is 62.0 Å². The van der Waals surface area contributed by atoms with Crippen molar-refractivity contribution in [2.45, 2.75) is 156 Å². The summed E-state index contributed by atoms with van der Waals surface area (Å²) in [6.07, 6.45) is 4.77. The lowest BCUT2D eigenvalue weighted by Crippen LogP contribution is -2.42. The number of carbonyl (C=O) groups is 6. The van der Waals surface area contributed by atoms with Crippen molar-refractivity contribution in [3.05, 3.63) is 159 Å². The van der Waals surface area contributed by atoms with Crippen molar-refractivity contribution in [2.75, 3.05) is 50.7 Å². The molecule has 2 aromatic heterocycles. The Hall–Kier alpha value is -8.32. The molecule has 3 heterocycles. The van der Waals surface area contributed by atoms with Crippen LogP contribution in [0.25, 0.3) is 16.0 Å². The average molecular weight is 1270 g/mol. The monoisotopic (exact) mass is 1260 g/mol. The maximum Gasteiger partial charge on any atom is 0.280 e. The van der Waals surface area contributed by atoms with E-state index < -0.39 is 43.8 Å². The normalized spacial score (nSPS) is 14.8. The van der Waals surface area contributed by atoms with E-state index in [9.17, 15) is 33.6 Å². The molecule has 1 aliphatic heterocycles. The molecule has 22 nitrogen and oxygen atoms in total. The van der Waals surface area contributed by atoms with Gasteiger partial charge in [-0.15, -0.1) is 0 Å². The Balaban J connectivity index is 0.952. The van der Waals surface area contributed by atoms with Gasteiger partial charge in [0.25, 0.3) is 20.0 Å². The van der Waals surface area contributed by atoms with Crippen molar-refractivity contribution in [3.63, 3.8) is 0 Å². The molecule has 0 spiro atoms. The van der Waals surface area contributed by atoms with E-state index in [-0.39, 0.29) is 128 Å². The summed E-state index contributed by atoms with van der Waals surface area (Å²) in [7, 11) is 1.65. The smallest absolute Gasteiger partial charge is 0.280 e. The molecule has 4 amide bonds. The summed E-state index contributed by atoms with van der Waals surface area (Å²) in [6.45, 7) is 22.7. The first kappa shape index (κ1) is 70.1. The number of benzene rings is 4. The van der Waals surface area contributed by atoms with Crippen LogP contribution in [0.2, 0.25) is 0 Å². The zero-order valence-electron chi connectivity index (χ0n) is 53.7. The van der Waals surface area contributed by atoms with Crippen LogP contribution in [-0.4, -0.2) is 135 Å². The molecule has 23 heteroatoms. The molecule has 484 valence electrons. The number of hydrogen-bond donors (Lipinski definition) is 3. The molecule has 0 radical (unpaired) electrons. The maximum atomic E-state index is 14.6. The largest absolute Gasteiger partial charge is 0.497 e. The minimum atomic E-state index is -1.60. The highest BCUT2D eigenvalue weighted by atomic mass is 31.2. The fraction of sp³-hybridized carbons (Fsp3) is 0.456. The Morgan fingerprint density at radius 1 is 0.791 bits per heavy atom.